The Kier molecular flexibility index (Phi) is 4.33. The molecule has 1 aromatic carbocycles. The summed E-state index contributed by atoms with van der Waals surface area (Å²) < 4.78 is 0.825. The minimum absolute atomic E-state index is 0.0544. The normalized spacial score (nSPS) is 26.3. The number of aliphatic hydroxyl groups is 1. The Balaban J connectivity index is 1.62. The van der Waals surface area contributed by atoms with Crippen molar-refractivity contribution in [3.05, 3.63) is 34.6 Å². The van der Waals surface area contributed by atoms with E-state index < -0.39 is 5.60 Å². The highest BCUT2D eigenvalue weighted by atomic mass is 79.9. The summed E-state index contributed by atoms with van der Waals surface area (Å²) in [5.41, 5.74) is 0.548. The number of aromatic nitrogens is 4. The van der Waals surface area contributed by atoms with E-state index in [-0.39, 0.29) is 11.8 Å². The van der Waals surface area contributed by atoms with Crippen molar-refractivity contribution in [3.63, 3.8) is 0 Å². The third kappa shape index (κ3) is 3.08. The first-order valence-corrected chi connectivity index (χ1v) is 9.41. The van der Waals surface area contributed by atoms with Gasteiger partial charge in [0.2, 0.25) is 0 Å². The van der Waals surface area contributed by atoms with E-state index in [0.29, 0.717) is 30.8 Å². The molecule has 2 aliphatic rings. The molecular formula is C17H20BrN5O2. The third-order valence-corrected chi connectivity index (χ3v) is 5.96. The van der Waals surface area contributed by atoms with Gasteiger partial charge in [0.15, 0.2) is 6.33 Å². The topological polar surface area (TPSA) is 84.1 Å². The summed E-state index contributed by atoms with van der Waals surface area (Å²) in [4.78, 5) is 16.4. The van der Waals surface area contributed by atoms with Gasteiger partial charge in [-0.15, -0.1) is 15.0 Å². The van der Waals surface area contributed by atoms with Crippen LogP contribution in [0.2, 0.25) is 0 Å². The van der Waals surface area contributed by atoms with Gasteiger partial charge >= 0.3 is 0 Å². The first-order chi connectivity index (χ1) is 12.1. The standard InChI is InChI=1S/C17H20BrN5O2/c18-13-4-5-15(23-20-11-19-21-23)14(9-13)16(24)22-8-7-17(25)6-2-1-3-12(17)10-22/h4-5,9,11-12,25H,1-3,6-8,10H2. The Hall–Kier alpha value is -1.80. The lowest BCUT2D eigenvalue weighted by atomic mass is 9.71. The highest BCUT2D eigenvalue weighted by Crippen LogP contribution is 2.40. The molecule has 2 heterocycles. The molecule has 2 unspecified atom stereocenters. The van der Waals surface area contributed by atoms with Crippen LogP contribution in [-0.4, -0.2) is 54.8 Å². The van der Waals surface area contributed by atoms with Crippen molar-refractivity contribution in [1.29, 1.82) is 0 Å². The van der Waals surface area contributed by atoms with Crippen molar-refractivity contribution >= 4 is 21.8 Å². The summed E-state index contributed by atoms with van der Waals surface area (Å²) in [6.07, 6.45) is 6.03. The van der Waals surface area contributed by atoms with Crippen LogP contribution >= 0.6 is 15.9 Å². The van der Waals surface area contributed by atoms with Crippen LogP contribution in [0.4, 0.5) is 0 Å². The van der Waals surface area contributed by atoms with Crippen molar-refractivity contribution in [2.75, 3.05) is 13.1 Å². The Morgan fingerprint density at radius 1 is 1.32 bits per heavy atom. The Labute approximate surface area is 154 Å². The van der Waals surface area contributed by atoms with Crippen LogP contribution in [0.25, 0.3) is 5.69 Å². The number of likely N-dealkylation sites (tertiary alicyclic amines) is 1. The lowest BCUT2D eigenvalue weighted by Crippen LogP contribution is -2.54. The van der Waals surface area contributed by atoms with E-state index in [4.69, 9.17) is 0 Å². The fraction of sp³-hybridized carbons (Fsp3) is 0.529. The van der Waals surface area contributed by atoms with Gasteiger partial charge in [-0.2, -0.15) is 0 Å². The summed E-state index contributed by atoms with van der Waals surface area (Å²) in [5.74, 6) is 0.111. The number of amides is 1. The molecule has 4 rings (SSSR count). The minimum atomic E-state index is -0.595. The fourth-order valence-electron chi connectivity index (χ4n) is 4.06. The van der Waals surface area contributed by atoms with E-state index in [9.17, 15) is 9.90 Å². The average molecular weight is 406 g/mol. The number of halogens is 1. The number of hydrogen-bond donors (Lipinski definition) is 1. The molecule has 1 amide bonds. The van der Waals surface area contributed by atoms with Gasteiger partial charge in [0.1, 0.15) is 5.69 Å². The van der Waals surface area contributed by atoms with Crippen molar-refractivity contribution in [2.45, 2.75) is 37.7 Å². The smallest absolute Gasteiger partial charge is 0.256 e. The maximum absolute atomic E-state index is 13.2. The number of hydrogen-bond acceptors (Lipinski definition) is 5. The average Bonchev–Trinajstić information content (AvgIpc) is 3.14. The molecule has 1 saturated carbocycles. The molecule has 1 aromatic heterocycles. The number of carbonyl (C=O) groups excluding carboxylic acids is 1. The zero-order valence-electron chi connectivity index (χ0n) is 13.8. The van der Waals surface area contributed by atoms with Crippen molar-refractivity contribution in [2.24, 2.45) is 5.92 Å². The predicted octanol–water partition coefficient (Wildman–Crippen LogP) is 2.19. The Bertz CT molecular complexity index is 781. The maximum Gasteiger partial charge on any atom is 0.256 e. The van der Waals surface area contributed by atoms with E-state index in [0.717, 1.165) is 30.2 Å². The quantitative estimate of drug-likeness (QED) is 0.827. The largest absolute Gasteiger partial charge is 0.389 e. The molecular weight excluding hydrogens is 386 g/mol. The van der Waals surface area contributed by atoms with Gasteiger partial charge in [-0.1, -0.05) is 28.8 Å². The van der Waals surface area contributed by atoms with Gasteiger partial charge in [0, 0.05) is 23.5 Å². The summed E-state index contributed by atoms with van der Waals surface area (Å²) in [6, 6.07) is 5.45. The summed E-state index contributed by atoms with van der Waals surface area (Å²) in [6.45, 7) is 1.18. The van der Waals surface area contributed by atoms with Gasteiger partial charge in [0.05, 0.1) is 11.2 Å². The van der Waals surface area contributed by atoms with Gasteiger partial charge in [-0.05, 0) is 42.7 Å². The minimum Gasteiger partial charge on any atom is -0.389 e. The van der Waals surface area contributed by atoms with Gasteiger partial charge in [-0.3, -0.25) is 4.79 Å². The second-order valence-electron chi connectivity index (χ2n) is 6.93. The van der Waals surface area contributed by atoms with Crippen molar-refractivity contribution in [1.82, 2.24) is 25.1 Å². The van der Waals surface area contributed by atoms with Gasteiger partial charge < -0.3 is 10.0 Å². The molecule has 0 spiro atoms. The molecule has 2 atom stereocenters. The van der Waals surface area contributed by atoms with Crippen LogP contribution in [0, 0.1) is 5.92 Å². The molecule has 132 valence electrons. The number of fused-ring (bicyclic) bond motifs is 1. The van der Waals surface area contributed by atoms with Crippen LogP contribution in [0.15, 0.2) is 29.0 Å². The van der Waals surface area contributed by atoms with E-state index in [1.165, 1.54) is 11.1 Å². The Morgan fingerprint density at radius 3 is 3.00 bits per heavy atom. The van der Waals surface area contributed by atoms with Crippen LogP contribution in [0.3, 0.4) is 0 Å². The molecule has 0 bridgehead atoms. The number of benzene rings is 1. The van der Waals surface area contributed by atoms with Gasteiger partial charge in [-0.25, -0.2) is 0 Å². The second kappa shape index (κ2) is 6.49. The summed E-state index contributed by atoms with van der Waals surface area (Å²) in [7, 11) is 0. The van der Waals surface area contributed by atoms with E-state index in [1.54, 1.807) is 12.1 Å². The molecule has 7 nitrogen and oxygen atoms in total. The zero-order valence-corrected chi connectivity index (χ0v) is 15.4. The number of rotatable bonds is 2. The number of carbonyl (C=O) groups is 1. The predicted molar refractivity (Wildman–Crippen MR) is 94.3 cm³/mol. The number of piperidine rings is 1. The monoisotopic (exact) mass is 405 g/mol. The SMILES string of the molecule is O=C(c1cc(Br)ccc1-n1ncnn1)N1CCC2(O)CCCCC2C1. The lowest BCUT2D eigenvalue weighted by molar-refractivity contribution is -0.0886. The van der Waals surface area contributed by atoms with Crippen LogP contribution in [0.5, 0.6) is 0 Å². The molecule has 1 aliphatic heterocycles. The molecule has 25 heavy (non-hydrogen) atoms. The first-order valence-electron chi connectivity index (χ1n) is 8.61. The molecule has 8 heteroatoms. The maximum atomic E-state index is 13.2. The lowest BCUT2D eigenvalue weighted by Gasteiger charge is -2.47. The highest BCUT2D eigenvalue weighted by Gasteiger charge is 2.44. The van der Waals surface area contributed by atoms with E-state index >= 15 is 0 Å². The molecule has 2 fully saturated rings. The zero-order chi connectivity index (χ0) is 17.4. The van der Waals surface area contributed by atoms with E-state index in [1.807, 2.05) is 11.0 Å². The molecule has 1 N–H and O–H groups in total. The fourth-order valence-corrected chi connectivity index (χ4v) is 4.42. The van der Waals surface area contributed by atoms with Gasteiger partial charge in [0.25, 0.3) is 5.91 Å². The highest BCUT2D eigenvalue weighted by molar-refractivity contribution is 9.10. The second-order valence-corrected chi connectivity index (χ2v) is 7.85. The number of tetrazole rings is 1. The van der Waals surface area contributed by atoms with Crippen LogP contribution in [-0.2, 0) is 0 Å². The Morgan fingerprint density at radius 2 is 2.20 bits per heavy atom. The van der Waals surface area contributed by atoms with Crippen molar-refractivity contribution < 1.29 is 9.90 Å². The third-order valence-electron chi connectivity index (χ3n) is 5.47. The molecule has 2 aromatic rings. The molecule has 1 saturated heterocycles. The van der Waals surface area contributed by atoms with E-state index in [2.05, 4.69) is 31.3 Å². The molecule has 0 radical (unpaired) electrons. The first kappa shape index (κ1) is 16.7. The van der Waals surface area contributed by atoms with Crippen molar-refractivity contribution in [3.8, 4) is 5.69 Å². The molecule has 1 aliphatic carbocycles. The van der Waals surface area contributed by atoms with Crippen LogP contribution < -0.4 is 0 Å². The summed E-state index contributed by atoms with van der Waals surface area (Å²) >= 11 is 3.44. The summed E-state index contributed by atoms with van der Waals surface area (Å²) in [5, 5.41) is 22.5. The number of nitrogens with zero attached hydrogens (tertiary/aromatic N) is 5. The van der Waals surface area contributed by atoms with Crippen LogP contribution in [0.1, 0.15) is 42.5 Å².